The van der Waals surface area contributed by atoms with Crippen LogP contribution in [0.5, 0.6) is 5.75 Å². The molecule has 6 nitrogen and oxygen atoms in total. The smallest absolute Gasteiger partial charge is 0.261 e. The summed E-state index contributed by atoms with van der Waals surface area (Å²) < 4.78 is 33.4. The highest BCUT2D eigenvalue weighted by Gasteiger charge is 2.16. The number of hydrogen-bond donors (Lipinski definition) is 2. The molecule has 0 aliphatic carbocycles. The number of anilines is 1. The third-order valence-corrected chi connectivity index (χ3v) is 6.53. The number of hydrogen-bond acceptors (Lipinski definition) is 4. The van der Waals surface area contributed by atoms with Gasteiger partial charge < -0.3 is 10.1 Å². The van der Waals surface area contributed by atoms with E-state index in [0.717, 1.165) is 22.4 Å². The summed E-state index contributed by atoms with van der Waals surface area (Å²) >= 11 is 0. The van der Waals surface area contributed by atoms with Crippen LogP contribution in [0.4, 0.5) is 5.69 Å². The molecule has 0 atom stereocenters. The van der Waals surface area contributed by atoms with E-state index in [0.29, 0.717) is 24.2 Å². The van der Waals surface area contributed by atoms with Crippen LogP contribution in [0.1, 0.15) is 27.0 Å². The molecule has 3 aromatic rings. The normalized spacial score (nSPS) is 11.1. The van der Waals surface area contributed by atoms with Crippen molar-refractivity contribution >= 4 is 21.6 Å². The van der Waals surface area contributed by atoms with E-state index in [9.17, 15) is 13.2 Å². The van der Waals surface area contributed by atoms with Crippen molar-refractivity contribution in [1.29, 1.82) is 0 Å². The number of aryl methyl sites for hydroxylation is 1. The van der Waals surface area contributed by atoms with Crippen molar-refractivity contribution in [3.63, 3.8) is 0 Å². The maximum absolute atomic E-state index is 12.7. The summed E-state index contributed by atoms with van der Waals surface area (Å²) in [6.45, 7) is 4.23. The Morgan fingerprint density at radius 1 is 0.935 bits per heavy atom. The molecule has 0 aromatic heterocycles. The lowest BCUT2D eigenvalue weighted by Crippen LogP contribution is -2.25. The van der Waals surface area contributed by atoms with Crippen LogP contribution in [0.2, 0.25) is 0 Å². The fourth-order valence-electron chi connectivity index (χ4n) is 3.17. The van der Waals surface area contributed by atoms with Crippen molar-refractivity contribution in [1.82, 2.24) is 5.32 Å². The van der Waals surface area contributed by atoms with Gasteiger partial charge in [0.2, 0.25) is 0 Å². The Labute approximate surface area is 183 Å². The molecule has 0 unspecified atom stereocenters. The van der Waals surface area contributed by atoms with Gasteiger partial charge in [0.25, 0.3) is 15.9 Å². The van der Waals surface area contributed by atoms with Crippen molar-refractivity contribution < 1.29 is 17.9 Å². The van der Waals surface area contributed by atoms with Gasteiger partial charge in [-0.25, -0.2) is 8.42 Å². The van der Waals surface area contributed by atoms with Crippen LogP contribution >= 0.6 is 0 Å². The van der Waals surface area contributed by atoms with Crippen molar-refractivity contribution in [2.75, 3.05) is 18.4 Å². The second-order valence-electron chi connectivity index (χ2n) is 7.20. The van der Waals surface area contributed by atoms with E-state index in [1.54, 1.807) is 19.2 Å². The van der Waals surface area contributed by atoms with Crippen LogP contribution < -0.4 is 14.8 Å². The van der Waals surface area contributed by atoms with Crippen LogP contribution in [-0.4, -0.2) is 28.0 Å². The van der Waals surface area contributed by atoms with Crippen molar-refractivity contribution in [3.8, 4) is 5.75 Å². The number of benzene rings is 3. The van der Waals surface area contributed by atoms with E-state index in [1.165, 1.54) is 24.3 Å². The molecule has 2 N–H and O–H groups in total. The Balaban J connectivity index is 1.63. The zero-order valence-corrected chi connectivity index (χ0v) is 18.6. The van der Waals surface area contributed by atoms with Crippen molar-refractivity contribution in [2.45, 2.75) is 25.2 Å². The zero-order valence-electron chi connectivity index (χ0n) is 17.8. The number of methoxy groups -OCH3 is 1. The van der Waals surface area contributed by atoms with E-state index < -0.39 is 10.0 Å². The molecule has 162 valence electrons. The lowest BCUT2D eigenvalue weighted by Gasteiger charge is -2.12. The highest BCUT2D eigenvalue weighted by atomic mass is 32.2. The molecule has 0 spiro atoms. The Morgan fingerprint density at radius 2 is 1.65 bits per heavy atom. The number of amides is 1. The fraction of sp³-hybridized carbons (Fsp3) is 0.208. The summed E-state index contributed by atoms with van der Waals surface area (Å²) in [7, 11) is -2.14. The Bertz CT molecular complexity index is 1170. The van der Waals surface area contributed by atoms with Gasteiger partial charge in [-0.15, -0.1) is 0 Å². The predicted molar refractivity (Wildman–Crippen MR) is 122 cm³/mol. The first-order valence-corrected chi connectivity index (χ1v) is 11.4. The highest BCUT2D eigenvalue weighted by Crippen LogP contribution is 2.22. The zero-order chi connectivity index (χ0) is 22.4. The van der Waals surface area contributed by atoms with Gasteiger partial charge in [0.1, 0.15) is 5.75 Å². The fourth-order valence-corrected chi connectivity index (χ4v) is 4.30. The highest BCUT2D eigenvalue weighted by molar-refractivity contribution is 7.92. The van der Waals surface area contributed by atoms with Crippen LogP contribution in [0.15, 0.2) is 71.6 Å². The molecular formula is C24H26N2O4S. The van der Waals surface area contributed by atoms with E-state index in [1.807, 2.05) is 44.2 Å². The van der Waals surface area contributed by atoms with Crippen LogP contribution in [0, 0.1) is 13.8 Å². The second-order valence-corrected chi connectivity index (χ2v) is 8.88. The number of ether oxygens (including phenoxy) is 1. The molecule has 3 rings (SSSR count). The van der Waals surface area contributed by atoms with Gasteiger partial charge in [-0.2, -0.15) is 0 Å². The van der Waals surface area contributed by atoms with Gasteiger partial charge >= 0.3 is 0 Å². The molecular weight excluding hydrogens is 412 g/mol. The average molecular weight is 439 g/mol. The summed E-state index contributed by atoms with van der Waals surface area (Å²) in [5.41, 5.74) is 3.81. The summed E-state index contributed by atoms with van der Waals surface area (Å²) in [5.74, 6) is 0.518. The lowest BCUT2D eigenvalue weighted by molar-refractivity contribution is 0.0954. The minimum absolute atomic E-state index is 0.0963. The molecule has 0 saturated heterocycles. The van der Waals surface area contributed by atoms with Gasteiger partial charge in [-0.3, -0.25) is 9.52 Å². The maximum Gasteiger partial charge on any atom is 0.261 e. The Hall–Kier alpha value is -3.32. The minimum Gasteiger partial charge on any atom is -0.496 e. The lowest BCUT2D eigenvalue weighted by atomic mass is 10.1. The van der Waals surface area contributed by atoms with Crippen molar-refractivity contribution in [2.24, 2.45) is 0 Å². The molecule has 0 aliphatic heterocycles. The SMILES string of the molecule is COc1ccccc1CCNC(=O)c1ccc(S(=O)(=O)Nc2cccc(C)c2C)cc1. The number of sulfonamides is 1. The molecule has 7 heteroatoms. The Morgan fingerprint density at radius 3 is 2.35 bits per heavy atom. The molecule has 0 bridgehead atoms. The molecule has 0 aliphatic rings. The third-order valence-electron chi connectivity index (χ3n) is 5.15. The molecule has 1 amide bonds. The van der Waals surface area contributed by atoms with Crippen LogP contribution in [0.25, 0.3) is 0 Å². The maximum atomic E-state index is 12.7. The summed E-state index contributed by atoms with van der Waals surface area (Å²) in [6, 6.07) is 19.0. The summed E-state index contributed by atoms with van der Waals surface area (Å²) in [5, 5.41) is 2.85. The molecule has 3 aromatic carbocycles. The van der Waals surface area contributed by atoms with Crippen LogP contribution in [-0.2, 0) is 16.4 Å². The molecule has 0 fully saturated rings. The van der Waals surface area contributed by atoms with Crippen LogP contribution in [0.3, 0.4) is 0 Å². The first-order valence-electron chi connectivity index (χ1n) is 9.91. The summed E-state index contributed by atoms with van der Waals surface area (Å²) in [6.07, 6.45) is 0.627. The number of carbonyl (C=O) groups excluding carboxylic acids is 1. The van der Waals surface area contributed by atoms with Gasteiger partial charge in [0.15, 0.2) is 0 Å². The average Bonchev–Trinajstić information content (AvgIpc) is 2.77. The molecule has 0 radical (unpaired) electrons. The van der Waals surface area contributed by atoms with E-state index in [4.69, 9.17) is 4.74 Å². The number of carbonyl (C=O) groups is 1. The molecule has 0 saturated carbocycles. The van der Waals surface area contributed by atoms with Gasteiger partial charge in [-0.1, -0.05) is 30.3 Å². The van der Waals surface area contributed by atoms with E-state index in [-0.39, 0.29) is 10.8 Å². The largest absolute Gasteiger partial charge is 0.496 e. The summed E-state index contributed by atoms with van der Waals surface area (Å²) in [4.78, 5) is 12.5. The molecule has 0 heterocycles. The quantitative estimate of drug-likeness (QED) is 0.555. The van der Waals surface area contributed by atoms with E-state index >= 15 is 0 Å². The standard InChI is InChI=1S/C24H26N2O4S/c1-17-7-6-9-22(18(17)2)26-31(28,29)21-13-11-20(12-14-21)24(27)25-16-15-19-8-4-5-10-23(19)30-3/h4-14,26H,15-16H2,1-3H3,(H,25,27). The van der Waals surface area contributed by atoms with Crippen molar-refractivity contribution in [3.05, 3.63) is 89.0 Å². The molecule has 31 heavy (non-hydrogen) atoms. The second kappa shape index (κ2) is 9.66. The van der Waals surface area contributed by atoms with E-state index in [2.05, 4.69) is 10.0 Å². The van der Waals surface area contributed by atoms with Gasteiger partial charge in [0, 0.05) is 12.1 Å². The predicted octanol–water partition coefficient (Wildman–Crippen LogP) is 4.09. The first kappa shape index (κ1) is 22.4. The number of nitrogens with one attached hydrogen (secondary N) is 2. The third kappa shape index (κ3) is 5.44. The van der Waals surface area contributed by atoms with Gasteiger partial charge in [0.05, 0.1) is 17.7 Å². The number of para-hydroxylation sites is 1. The number of rotatable bonds is 8. The minimum atomic E-state index is -3.75. The first-order chi connectivity index (χ1) is 14.8. The van der Waals surface area contributed by atoms with Gasteiger partial charge in [-0.05, 0) is 73.4 Å². The topological polar surface area (TPSA) is 84.5 Å². The monoisotopic (exact) mass is 438 g/mol. The Kier molecular flexibility index (Phi) is 6.97.